The Morgan fingerprint density at radius 2 is 1.84 bits per heavy atom. The van der Waals surface area contributed by atoms with Crippen LogP contribution in [0.25, 0.3) is 11.1 Å². The third-order valence-electron chi connectivity index (χ3n) is 2.79. The molecule has 0 radical (unpaired) electrons. The van der Waals surface area contributed by atoms with Gasteiger partial charge in [-0.25, -0.2) is 0 Å². The average Bonchev–Trinajstić information content (AvgIpc) is 2.39. The molecule has 0 aliphatic heterocycles. The van der Waals surface area contributed by atoms with Crippen LogP contribution in [-0.2, 0) is 4.79 Å². The molecule has 19 heavy (non-hydrogen) atoms. The van der Waals surface area contributed by atoms with Crippen LogP contribution in [0, 0.1) is 6.92 Å². The van der Waals surface area contributed by atoms with Gasteiger partial charge in [-0.05, 0) is 30.2 Å². The van der Waals surface area contributed by atoms with Gasteiger partial charge in [0.25, 0.3) is 0 Å². The highest BCUT2D eigenvalue weighted by molar-refractivity contribution is 5.67. The number of hydrogen-bond donors (Lipinski definition) is 1. The molecule has 0 bridgehead atoms. The van der Waals surface area contributed by atoms with Gasteiger partial charge in [0.2, 0.25) is 0 Å². The number of carboxylic acids is 1. The van der Waals surface area contributed by atoms with E-state index in [0.29, 0.717) is 5.75 Å². The maximum Gasteiger partial charge on any atom is 0.306 e. The molecule has 2 aromatic carbocycles. The molecule has 0 atom stereocenters. The van der Waals surface area contributed by atoms with E-state index < -0.39 is 5.97 Å². The third kappa shape index (κ3) is 3.85. The molecule has 0 saturated carbocycles. The lowest BCUT2D eigenvalue weighted by atomic mass is 10.0. The summed E-state index contributed by atoms with van der Waals surface area (Å²) in [6, 6.07) is 16.0. The maximum absolute atomic E-state index is 10.4. The van der Waals surface area contributed by atoms with Gasteiger partial charge in [0.15, 0.2) is 0 Å². The molecule has 0 heterocycles. The first-order chi connectivity index (χ1) is 9.15. The number of rotatable bonds is 5. The summed E-state index contributed by atoms with van der Waals surface area (Å²) in [5.74, 6) is -0.158. The lowest BCUT2D eigenvalue weighted by Crippen LogP contribution is -2.04. The minimum atomic E-state index is -0.851. The molecule has 0 fully saturated rings. The molecule has 0 unspecified atom stereocenters. The summed E-state index contributed by atoms with van der Waals surface area (Å²) in [7, 11) is 0. The van der Waals surface area contributed by atoms with Crippen molar-refractivity contribution in [3.05, 3.63) is 54.1 Å². The normalized spacial score (nSPS) is 10.2. The Balaban J connectivity index is 2.04. The fourth-order valence-electron chi connectivity index (χ4n) is 1.82. The highest BCUT2D eigenvalue weighted by Gasteiger charge is 2.00. The molecule has 3 heteroatoms. The van der Waals surface area contributed by atoms with E-state index in [-0.39, 0.29) is 13.0 Å². The van der Waals surface area contributed by atoms with Gasteiger partial charge in [-0.1, -0.05) is 42.0 Å². The molecular formula is C16H16O3. The zero-order chi connectivity index (χ0) is 13.7. The minimum Gasteiger partial charge on any atom is -0.493 e. The standard InChI is InChI=1S/C16H16O3/c1-12-3-2-4-14(11-12)13-5-7-15(8-6-13)19-10-9-16(17)18/h2-8,11H,9-10H2,1H3,(H,17,18). The predicted octanol–water partition coefficient (Wildman–Crippen LogP) is 3.52. The third-order valence-corrected chi connectivity index (χ3v) is 2.79. The summed E-state index contributed by atoms with van der Waals surface area (Å²) >= 11 is 0. The molecular weight excluding hydrogens is 240 g/mol. The number of aliphatic carboxylic acids is 1. The Morgan fingerprint density at radius 1 is 1.11 bits per heavy atom. The van der Waals surface area contributed by atoms with Crippen LogP contribution < -0.4 is 4.74 Å². The molecule has 2 aromatic rings. The van der Waals surface area contributed by atoms with E-state index >= 15 is 0 Å². The van der Waals surface area contributed by atoms with Crippen molar-refractivity contribution in [3.8, 4) is 16.9 Å². The predicted molar refractivity (Wildman–Crippen MR) is 74.4 cm³/mol. The minimum absolute atomic E-state index is 0.0135. The molecule has 0 aliphatic rings. The summed E-state index contributed by atoms with van der Waals surface area (Å²) in [6.07, 6.45) is 0.0135. The van der Waals surface area contributed by atoms with Gasteiger partial charge in [-0.15, -0.1) is 0 Å². The van der Waals surface area contributed by atoms with E-state index in [2.05, 4.69) is 25.1 Å². The van der Waals surface area contributed by atoms with Gasteiger partial charge in [0.1, 0.15) is 5.75 Å². The van der Waals surface area contributed by atoms with Gasteiger partial charge in [-0.3, -0.25) is 4.79 Å². The Morgan fingerprint density at radius 3 is 2.47 bits per heavy atom. The summed E-state index contributed by atoms with van der Waals surface area (Å²) in [6.45, 7) is 2.26. The van der Waals surface area contributed by atoms with Crippen molar-refractivity contribution in [1.82, 2.24) is 0 Å². The Hall–Kier alpha value is -2.29. The number of carboxylic acid groups (broad SMARTS) is 1. The van der Waals surface area contributed by atoms with Crippen LogP contribution in [0.1, 0.15) is 12.0 Å². The lowest BCUT2D eigenvalue weighted by molar-refractivity contribution is -0.137. The smallest absolute Gasteiger partial charge is 0.306 e. The Labute approximate surface area is 112 Å². The van der Waals surface area contributed by atoms with Crippen molar-refractivity contribution in [2.24, 2.45) is 0 Å². The molecule has 0 aromatic heterocycles. The number of carbonyl (C=O) groups is 1. The second-order valence-electron chi connectivity index (χ2n) is 4.39. The van der Waals surface area contributed by atoms with Crippen LogP contribution in [0.4, 0.5) is 0 Å². The number of hydrogen-bond acceptors (Lipinski definition) is 2. The second-order valence-corrected chi connectivity index (χ2v) is 4.39. The van der Waals surface area contributed by atoms with E-state index in [1.807, 2.05) is 30.3 Å². The lowest BCUT2D eigenvalue weighted by Gasteiger charge is -2.06. The van der Waals surface area contributed by atoms with Crippen molar-refractivity contribution < 1.29 is 14.6 Å². The SMILES string of the molecule is Cc1cccc(-c2ccc(OCCC(=O)O)cc2)c1. The van der Waals surface area contributed by atoms with E-state index in [4.69, 9.17) is 9.84 Å². The van der Waals surface area contributed by atoms with Crippen LogP contribution >= 0.6 is 0 Å². The fraction of sp³-hybridized carbons (Fsp3) is 0.188. The van der Waals surface area contributed by atoms with E-state index in [1.165, 1.54) is 5.56 Å². The maximum atomic E-state index is 10.4. The number of aryl methyl sites for hydroxylation is 1. The molecule has 2 rings (SSSR count). The van der Waals surface area contributed by atoms with Crippen molar-refractivity contribution in [2.45, 2.75) is 13.3 Å². The summed E-state index contributed by atoms with van der Waals surface area (Å²) in [5.41, 5.74) is 3.51. The van der Waals surface area contributed by atoms with Gasteiger partial charge in [0.05, 0.1) is 13.0 Å². The first-order valence-corrected chi connectivity index (χ1v) is 6.17. The average molecular weight is 256 g/mol. The molecule has 0 spiro atoms. The van der Waals surface area contributed by atoms with Crippen molar-refractivity contribution in [1.29, 1.82) is 0 Å². The molecule has 0 aliphatic carbocycles. The Kier molecular flexibility index (Phi) is 4.18. The highest BCUT2D eigenvalue weighted by atomic mass is 16.5. The molecule has 98 valence electrons. The van der Waals surface area contributed by atoms with Gasteiger partial charge in [0, 0.05) is 0 Å². The number of benzene rings is 2. The first-order valence-electron chi connectivity index (χ1n) is 6.17. The quantitative estimate of drug-likeness (QED) is 0.890. The summed E-state index contributed by atoms with van der Waals surface area (Å²) in [5, 5.41) is 8.53. The topological polar surface area (TPSA) is 46.5 Å². The second kappa shape index (κ2) is 6.05. The van der Waals surface area contributed by atoms with Crippen molar-refractivity contribution in [3.63, 3.8) is 0 Å². The molecule has 3 nitrogen and oxygen atoms in total. The van der Waals surface area contributed by atoms with Crippen LogP contribution in [0.3, 0.4) is 0 Å². The van der Waals surface area contributed by atoms with Gasteiger partial charge < -0.3 is 9.84 Å². The van der Waals surface area contributed by atoms with E-state index in [9.17, 15) is 4.79 Å². The van der Waals surface area contributed by atoms with Crippen LogP contribution in [0.5, 0.6) is 5.75 Å². The zero-order valence-corrected chi connectivity index (χ0v) is 10.8. The monoisotopic (exact) mass is 256 g/mol. The molecule has 1 N–H and O–H groups in total. The zero-order valence-electron chi connectivity index (χ0n) is 10.8. The fourth-order valence-corrected chi connectivity index (χ4v) is 1.82. The van der Waals surface area contributed by atoms with Crippen LogP contribution in [-0.4, -0.2) is 17.7 Å². The Bertz CT molecular complexity index is 558. The molecule has 0 saturated heterocycles. The summed E-state index contributed by atoms with van der Waals surface area (Å²) < 4.78 is 5.35. The number of ether oxygens (including phenoxy) is 1. The van der Waals surface area contributed by atoms with Crippen molar-refractivity contribution in [2.75, 3.05) is 6.61 Å². The van der Waals surface area contributed by atoms with Crippen molar-refractivity contribution >= 4 is 5.97 Å². The largest absolute Gasteiger partial charge is 0.493 e. The van der Waals surface area contributed by atoms with Crippen LogP contribution in [0.15, 0.2) is 48.5 Å². The van der Waals surface area contributed by atoms with E-state index in [0.717, 1.165) is 11.1 Å². The van der Waals surface area contributed by atoms with E-state index in [1.54, 1.807) is 0 Å². The van der Waals surface area contributed by atoms with Gasteiger partial charge in [-0.2, -0.15) is 0 Å². The van der Waals surface area contributed by atoms with Gasteiger partial charge >= 0.3 is 5.97 Å². The first kappa shape index (κ1) is 13.1. The highest BCUT2D eigenvalue weighted by Crippen LogP contribution is 2.23. The summed E-state index contributed by atoms with van der Waals surface area (Å²) in [4.78, 5) is 10.4. The molecule has 0 amide bonds. The van der Waals surface area contributed by atoms with Crippen LogP contribution in [0.2, 0.25) is 0 Å².